The molecule has 0 saturated carbocycles. The van der Waals surface area contributed by atoms with E-state index < -0.39 is 0 Å². The van der Waals surface area contributed by atoms with E-state index in [0.29, 0.717) is 11.6 Å². The average molecular weight is 244 g/mol. The second-order valence-electron chi connectivity index (χ2n) is 4.09. The Morgan fingerprint density at radius 2 is 2.25 bits per heavy atom. The molecule has 0 N–H and O–H groups in total. The van der Waals surface area contributed by atoms with Crippen LogP contribution < -0.4 is 4.74 Å². The van der Waals surface area contributed by atoms with E-state index in [0.717, 1.165) is 25.4 Å². The molecule has 0 spiro atoms. The van der Waals surface area contributed by atoms with E-state index in [1.54, 1.807) is 6.07 Å². The van der Waals surface area contributed by atoms with Crippen molar-refractivity contribution in [3.8, 4) is 5.75 Å². The summed E-state index contributed by atoms with van der Waals surface area (Å²) in [5.41, 5.74) is 0. The summed E-state index contributed by atoms with van der Waals surface area (Å²) >= 11 is 5.83. The van der Waals surface area contributed by atoms with Crippen molar-refractivity contribution in [1.29, 1.82) is 0 Å². The lowest BCUT2D eigenvalue weighted by molar-refractivity contribution is 0.0668. The zero-order valence-electron chi connectivity index (χ0n) is 9.03. The molecule has 2 rings (SSSR count). The third-order valence-corrected chi connectivity index (χ3v) is 2.96. The van der Waals surface area contributed by atoms with Crippen LogP contribution >= 0.6 is 11.6 Å². The van der Waals surface area contributed by atoms with Crippen LogP contribution in [0.15, 0.2) is 24.3 Å². The molecule has 16 heavy (non-hydrogen) atoms. The van der Waals surface area contributed by atoms with E-state index in [4.69, 9.17) is 16.3 Å². The zero-order chi connectivity index (χ0) is 11.4. The number of rotatable bonds is 5. The summed E-state index contributed by atoms with van der Waals surface area (Å²) in [6.45, 7) is 2.98. The fourth-order valence-corrected chi connectivity index (χ4v) is 1.99. The molecule has 1 aliphatic heterocycles. The number of halogens is 2. The molecular weight excluding hydrogens is 229 g/mol. The minimum absolute atomic E-state index is 0.203. The lowest BCUT2D eigenvalue weighted by Crippen LogP contribution is -2.49. The largest absolute Gasteiger partial charge is 0.492 e. The van der Waals surface area contributed by atoms with Crippen LogP contribution in [-0.2, 0) is 0 Å². The first-order valence-electron chi connectivity index (χ1n) is 5.44. The van der Waals surface area contributed by atoms with Crippen molar-refractivity contribution in [3.63, 3.8) is 0 Å². The molecule has 1 aliphatic rings. The van der Waals surface area contributed by atoms with Crippen LogP contribution in [0.4, 0.5) is 4.39 Å². The summed E-state index contributed by atoms with van der Waals surface area (Å²) in [7, 11) is 0. The summed E-state index contributed by atoms with van der Waals surface area (Å²) in [6.07, 6.45) is 0. The highest BCUT2D eigenvalue weighted by Gasteiger charge is 2.25. The lowest BCUT2D eigenvalue weighted by Gasteiger charge is -2.37. The van der Waals surface area contributed by atoms with Crippen LogP contribution in [0.5, 0.6) is 5.75 Å². The monoisotopic (exact) mass is 243 g/mol. The molecule has 2 nitrogen and oxygen atoms in total. The SMILES string of the molecule is FCC1CN(CCOc2cccc(Cl)c2)C1. The Morgan fingerprint density at radius 3 is 2.94 bits per heavy atom. The van der Waals surface area contributed by atoms with Gasteiger partial charge in [0.1, 0.15) is 12.4 Å². The molecule has 1 heterocycles. The number of likely N-dealkylation sites (tertiary alicyclic amines) is 1. The minimum Gasteiger partial charge on any atom is -0.492 e. The molecule has 0 aliphatic carbocycles. The molecule has 0 radical (unpaired) electrons. The second-order valence-corrected chi connectivity index (χ2v) is 4.52. The highest BCUT2D eigenvalue weighted by atomic mass is 35.5. The molecule has 0 bridgehead atoms. The highest BCUT2D eigenvalue weighted by Crippen LogP contribution is 2.18. The van der Waals surface area contributed by atoms with Gasteiger partial charge in [0.25, 0.3) is 0 Å². The Labute approximate surface area is 100.0 Å². The molecule has 1 aromatic carbocycles. The number of alkyl halides is 1. The van der Waals surface area contributed by atoms with E-state index in [9.17, 15) is 4.39 Å². The van der Waals surface area contributed by atoms with E-state index in [2.05, 4.69) is 4.90 Å². The molecule has 0 unspecified atom stereocenters. The summed E-state index contributed by atoms with van der Waals surface area (Å²) in [5.74, 6) is 1.03. The summed E-state index contributed by atoms with van der Waals surface area (Å²) in [6, 6.07) is 7.35. The summed E-state index contributed by atoms with van der Waals surface area (Å²) < 4.78 is 17.7. The van der Waals surface area contributed by atoms with Crippen molar-refractivity contribution < 1.29 is 9.13 Å². The van der Waals surface area contributed by atoms with Gasteiger partial charge in [-0.05, 0) is 18.2 Å². The number of ether oxygens (including phenoxy) is 1. The average Bonchev–Trinajstić information content (AvgIpc) is 2.21. The van der Waals surface area contributed by atoms with Crippen molar-refractivity contribution in [2.24, 2.45) is 5.92 Å². The van der Waals surface area contributed by atoms with Gasteiger partial charge in [-0.2, -0.15) is 0 Å². The fourth-order valence-electron chi connectivity index (χ4n) is 1.81. The molecule has 1 saturated heterocycles. The van der Waals surface area contributed by atoms with Crippen molar-refractivity contribution in [2.45, 2.75) is 0 Å². The number of benzene rings is 1. The van der Waals surface area contributed by atoms with Crippen molar-refractivity contribution >= 4 is 11.6 Å². The Bertz CT molecular complexity index is 342. The third-order valence-electron chi connectivity index (χ3n) is 2.72. The first-order chi connectivity index (χ1) is 7.78. The van der Waals surface area contributed by atoms with Crippen molar-refractivity contribution in [1.82, 2.24) is 4.90 Å². The van der Waals surface area contributed by atoms with Gasteiger partial charge in [-0.25, -0.2) is 0 Å². The third kappa shape index (κ3) is 3.09. The van der Waals surface area contributed by atoms with Crippen LogP contribution in [-0.4, -0.2) is 37.8 Å². The van der Waals surface area contributed by atoms with E-state index in [-0.39, 0.29) is 12.6 Å². The van der Waals surface area contributed by atoms with E-state index >= 15 is 0 Å². The van der Waals surface area contributed by atoms with Gasteiger partial charge < -0.3 is 4.74 Å². The summed E-state index contributed by atoms with van der Waals surface area (Å²) in [5, 5.41) is 0.680. The van der Waals surface area contributed by atoms with Crippen LogP contribution in [0.3, 0.4) is 0 Å². The highest BCUT2D eigenvalue weighted by molar-refractivity contribution is 6.30. The molecule has 88 valence electrons. The van der Waals surface area contributed by atoms with Crippen LogP contribution in [0.2, 0.25) is 5.02 Å². The molecule has 1 aromatic rings. The van der Waals surface area contributed by atoms with Gasteiger partial charge in [-0.15, -0.1) is 0 Å². The fraction of sp³-hybridized carbons (Fsp3) is 0.500. The molecular formula is C12H15ClFNO. The van der Waals surface area contributed by atoms with Gasteiger partial charge in [0.2, 0.25) is 0 Å². The number of hydrogen-bond acceptors (Lipinski definition) is 2. The Morgan fingerprint density at radius 1 is 1.44 bits per heavy atom. The predicted octanol–water partition coefficient (Wildman–Crippen LogP) is 2.62. The Kier molecular flexibility index (Phi) is 4.02. The maximum atomic E-state index is 12.2. The second kappa shape index (κ2) is 5.51. The maximum Gasteiger partial charge on any atom is 0.120 e. The topological polar surface area (TPSA) is 12.5 Å². The molecule has 0 amide bonds. The standard InChI is InChI=1S/C12H15ClFNO/c13-11-2-1-3-12(6-11)16-5-4-15-8-10(7-14)9-15/h1-3,6,10H,4-5,7-9H2. The van der Waals surface area contributed by atoms with Crippen molar-refractivity contribution in [3.05, 3.63) is 29.3 Å². The van der Waals surface area contributed by atoms with Gasteiger partial charge in [-0.3, -0.25) is 9.29 Å². The van der Waals surface area contributed by atoms with Gasteiger partial charge in [0, 0.05) is 30.6 Å². The first kappa shape index (κ1) is 11.7. The normalized spacial score (nSPS) is 17.1. The Balaban J connectivity index is 1.65. The molecule has 0 atom stereocenters. The Hall–Kier alpha value is -0.800. The smallest absolute Gasteiger partial charge is 0.120 e. The first-order valence-corrected chi connectivity index (χ1v) is 5.82. The zero-order valence-corrected chi connectivity index (χ0v) is 9.79. The van der Waals surface area contributed by atoms with E-state index in [1.807, 2.05) is 18.2 Å². The minimum atomic E-state index is -0.203. The van der Waals surface area contributed by atoms with Gasteiger partial charge in [0.15, 0.2) is 0 Å². The number of nitrogens with zero attached hydrogens (tertiary/aromatic N) is 1. The van der Waals surface area contributed by atoms with Crippen LogP contribution in [0, 0.1) is 5.92 Å². The predicted molar refractivity (Wildman–Crippen MR) is 62.9 cm³/mol. The summed E-state index contributed by atoms with van der Waals surface area (Å²) in [4.78, 5) is 2.19. The lowest BCUT2D eigenvalue weighted by atomic mass is 10.0. The van der Waals surface area contributed by atoms with Crippen LogP contribution in [0.1, 0.15) is 0 Å². The maximum absolute atomic E-state index is 12.2. The van der Waals surface area contributed by atoms with Crippen LogP contribution in [0.25, 0.3) is 0 Å². The number of hydrogen-bond donors (Lipinski definition) is 0. The van der Waals surface area contributed by atoms with Gasteiger partial charge in [-0.1, -0.05) is 17.7 Å². The molecule has 1 fully saturated rings. The molecule has 0 aromatic heterocycles. The van der Waals surface area contributed by atoms with E-state index in [1.165, 1.54) is 0 Å². The van der Waals surface area contributed by atoms with Gasteiger partial charge in [0.05, 0.1) is 6.67 Å². The molecule has 4 heteroatoms. The van der Waals surface area contributed by atoms with Crippen molar-refractivity contribution in [2.75, 3.05) is 32.9 Å². The van der Waals surface area contributed by atoms with Gasteiger partial charge >= 0.3 is 0 Å². The quantitative estimate of drug-likeness (QED) is 0.788.